The van der Waals surface area contributed by atoms with Gasteiger partial charge in [-0.3, -0.25) is 14.3 Å². The molecule has 1 aliphatic rings. The smallest absolute Gasteiger partial charge is 0.330 e. The van der Waals surface area contributed by atoms with Crippen LogP contribution in [-0.2, 0) is 18.0 Å². The summed E-state index contributed by atoms with van der Waals surface area (Å²) >= 11 is 0. The summed E-state index contributed by atoms with van der Waals surface area (Å²) in [6.45, 7) is 19.4. The monoisotopic (exact) mass is 460 g/mol. The third-order valence-corrected chi connectivity index (χ3v) is 7.06. The first-order valence-corrected chi connectivity index (χ1v) is 20.2. The minimum atomic E-state index is -2.00. The number of aromatic amines is 1. The highest BCUT2D eigenvalue weighted by Gasteiger charge is 2.50. The number of ether oxygens (including phenoxy) is 1. The van der Waals surface area contributed by atoms with E-state index in [-0.39, 0.29) is 12.2 Å². The lowest BCUT2D eigenvalue weighted by Crippen LogP contribution is -2.49. The Morgan fingerprint density at radius 1 is 0.931 bits per heavy atom. The molecule has 166 valence electrons. The summed E-state index contributed by atoms with van der Waals surface area (Å²) in [5.41, 5.74) is -0.967. The van der Waals surface area contributed by atoms with Crippen LogP contribution in [0.5, 0.6) is 0 Å². The third kappa shape index (κ3) is 7.42. The van der Waals surface area contributed by atoms with Crippen LogP contribution < -0.4 is 11.2 Å². The van der Waals surface area contributed by atoms with Crippen molar-refractivity contribution in [3.05, 3.63) is 33.1 Å². The molecular weight excluding hydrogens is 424 g/mol. The Bertz CT molecular complexity index is 806. The molecule has 0 unspecified atom stereocenters. The molecule has 4 atom stereocenters. The van der Waals surface area contributed by atoms with Crippen LogP contribution in [-0.4, -0.2) is 59.4 Å². The fourth-order valence-electron chi connectivity index (χ4n) is 3.11. The highest BCUT2D eigenvalue weighted by atomic mass is 28.4. The maximum absolute atomic E-state index is 12.5. The van der Waals surface area contributed by atoms with Crippen molar-refractivity contribution >= 4 is 25.0 Å². The van der Waals surface area contributed by atoms with Crippen LogP contribution in [0.25, 0.3) is 0 Å². The molecule has 11 heteroatoms. The van der Waals surface area contributed by atoms with Gasteiger partial charge < -0.3 is 18.0 Å². The first kappa shape index (κ1) is 24.4. The van der Waals surface area contributed by atoms with Crippen molar-refractivity contribution < 1.29 is 18.0 Å². The summed E-state index contributed by atoms with van der Waals surface area (Å²) in [6.07, 6.45) is -0.415. The second-order valence-electron chi connectivity index (χ2n) is 10.4. The standard InChI is InChI=1S/C18H36N2O6Si3/c1-27(2,3)23-12-13-15(25-28(4,5)6)16(26-29(7,8)9)17(24-13)20-11-10-14(21)19-18(20)22/h10-11,13,15-17H,12H2,1-9H3,(H,19,21,22)/t13-,15-,16-,17-/m1/s1. The molecule has 1 N–H and O–H groups in total. The van der Waals surface area contributed by atoms with Gasteiger partial charge >= 0.3 is 5.69 Å². The molecule has 1 saturated heterocycles. The second kappa shape index (κ2) is 8.73. The predicted octanol–water partition coefficient (Wildman–Crippen LogP) is 2.73. The normalized spacial score (nSPS) is 26.1. The van der Waals surface area contributed by atoms with Crippen molar-refractivity contribution in [2.24, 2.45) is 0 Å². The summed E-state index contributed by atoms with van der Waals surface area (Å²) in [6, 6.07) is 1.32. The molecule has 0 bridgehead atoms. The Morgan fingerprint density at radius 2 is 1.48 bits per heavy atom. The van der Waals surface area contributed by atoms with E-state index in [1.165, 1.54) is 16.8 Å². The molecule has 0 spiro atoms. The zero-order valence-electron chi connectivity index (χ0n) is 19.1. The minimum Gasteiger partial charge on any atom is -0.415 e. The second-order valence-corrected chi connectivity index (χ2v) is 23.8. The fraction of sp³-hybridized carbons (Fsp3) is 0.778. The molecule has 0 radical (unpaired) electrons. The van der Waals surface area contributed by atoms with Crippen molar-refractivity contribution in [3.63, 3.8) is 0 Å². The van der Waals surface area contributed by atoms with Gasteiger partial charge in [-0.25, -0.2) is 4.79 Å². The molecular formula is C18H36N2O6Si3. The lowest BCUT2D eigenvalue weighted by atomic mass is 10.1. The van der Waals surface area contributed by atoms with Crippen molar-refractivity contribution in [1.29, 1.82) is 0 Å². The molecule has 1 aromatic rings. The lowest BCUT2D eigenvalue weighted by Gasteiger charge is -2.34. The van der Waals surface area contributed by atoms with E-state index in [1.807, 2.05) is 0 Å². The highest BCUT2D eigenvalue weighted by molar-refractivity contribution is 6.70. The number of nitrogens with zero attached hydrogens (tertiary/aromatic N) is 1. The molecule has 8 nitrogen and oxygen atoms in total. The number of nitrogens with one attached hydrogen (secondary N) is 1. The van der Waals surface area contributed by atoms with E-state index in [9.17, 15) is 9.59 Å². The number of H-pyrrole nitrogens is 1. The number of hydrogen-bond acceptors (Lipinski definition) is 6. The van der Waals surface area contributed by atoms with Crippen LogP contribution in [0.4, 0.5) is 0 Å². The maximum Gasteiger partial charge on any atom is 0.330 e. The van der Waals surface area contributed by atoms with Crippen LogP contribution in [0.2, 0.25) is 58.9 Å². The summed E-state index contributed by atoms with van der Waals surface area (Å²) in [5.74, 6) is 0. The third-order valence-electron chi connectivity index (χ3n) is 4.07. The summed E-state index contributed by atoms with van der Waals surface area (Å²) in [7, 11) is -5.71. The average molecular weight is 461 g/mol. The molecule has 0 amide bonds. The Labute approximate surface area is 175 Å². The zero-order chi connectivity index (χ0) is 22.2. The Balaban J connectivity index is 2.46. The van der Waals surface area contributed by atoms with Crippen molar-refractivity contribution in [1.82, 2.24) is 9.55 Å². The van der Waals surface area contributed by atoms with E-state index in [0.717, 1.165) is 0 Å². The van der Waals surface area contributed by atoms with Crippen LogP contribution in [0.15, 0.2) is 21.9 Å². The Hall–Kier alpha value is -0.829. The van der Waals surface area contributed by atoms with Gasteiger partial charge in [-0.1, -0.05) is 0 Å². The van der Waals surface area contributed by atoms with Crippen molar-refractivity contribution in [3.8, 4) is 0 Å². The Morgan fingerprint density at radius 3 is 1.97 bits per heavy atom. The lowest BCUT2D eigenvalue weighted by molar-refractivity contribution is -0.0497. The minimum absolute atomic E-state index is 0.353. The highest BCUT2D eigenvalue weighted by Crippen LogP contribution is 2.36. The van der Waals surface area contributed by atoms with Gasteiger partial charge in [0, 0.05) is 12.3 Å². The van der Waals surface area contributed by atoms with Gasteiger partial charge in [0.25, 0.3) is 5.56 Å². The molecule has 29 heavy (non-hydrogen) atoms. The molecule has 2 rings (SSSR count). The van der Waals surface area contributed by atoms with Crippen molar-refractivity contribution in [2.45, 2.75) is 83.5 Å². The molecule has 0 aromatic carbocycles. The van der Waals surface area contributed by atoms with Gasteiger partial charge in [0.15, 0.2) is 31.2 Å². The first-order valence-electron chi connectivity index (χ1n) is 10.0. The van der Waals surface area contributed by atoms with Crippen LogP contribution >= 0.6 is 0 Å². The number of aromatic nitrogens is 2. The van der Waals surface area contributed by atoms with Crippen LogP contribution in [0.3, 0.4) is 0 Å². The fourth-order valence-corrected chi connectivity index (χ4v) is 5.94. The molecule has 1 fully saturated rings. The summed E-state index contributed by atoms with van der Waals surface area (Å²) in [5, 5.41) is 0. The topological polar surface area (TPSA) is 91.8 Å². The number of rotatable bonds is 8. The van der Waals surface area contributed by atoms with E-state index in [0.29, 0.717) is 6.61 Å². The van der Waals surface area contributed by atoms with E-state index >= 15 is 0 Å². The predicted molar refractivity (Wildman–Crippen MR) is 121 cm³/mol. The van der Waals surface area contributed by atoms with E-state index in [2.05, 4.69) is 63.9 Å². The quantitative estimate of drug-likeness (QED) is 0.600. The maximum atomic E-state index is 12.5. The van der Waals surface area contributed by atoms with E-state index in [1.54, 1.807) is 0 Å². The molecule has 1 aliphatic heterocycles. The van der Waals surface area contributed by atoms with Gasteiger partial charge in [0.1, 0.15) is 18.3 Å². The molecule has 2 heterocycles. The van der Waals surface area contributed by atoms with E-state index < -0.39 is 48.5 Å². The van der Waals surface area contributed by atoms with Crippen molar-refractivity contribution in [2.75, 3.05) is 6.61 Å². The van der Waals surface area contributed by atoms with Crippen LogP contribution in [0.1, 0.15) is 6.23 Å². The van der Waals surface area contributed by atoms with Gasteiger partial charge in [0.2, 0.25) is 0 Å². The largest absolute Gasteiger partial charge is 0.415 e. The summed E-state index contributed by atoms with van der Waals surface area (Å²) < 4.78 is 26.8. The summed E-state index contributed by atoms with van der Waals surface area (Å²) in [4.78, 5) is 26.3. The molecule has 0 aliphatic carbocycles. The zero-order valence-corrected chi connectivity index (χ0v) is 22.1. The van der Waals surface area contributed by atoms with E-state index in [4.69, 9.17) is 18.0 Å². The SMILES string of the molecule is C[Si](C)(C)OC[C@H]1O[C@@H](n2ccc(=O)[nH]c2=O)[C@H](O[Si](C)(C)C)[C@@H]1O[Si](C)(C)C. The molecule has 1 aromatic heterocycles. The first-order chi connectivity index (χ1) is 13.1. The Kier molecular flexibility index (Phi) is 7.36. The van der Waals surface area contributed by atoms with Gasteiger partial charge in [-0.2, -0.15) is 0 Å². The van der Waals surface area contributed by atoms with Gasteiger partial charge in [-0.05, 0) is 58.9 Å². The number of hydrogen-bond donors (Lipinski definition) is 1. The molecule has 0 saturated carbocycles. The van der Waals surface area contributed by atoms with Gasteiger partial charge in [-0.15, -0.1) is 0 Å². The average Bonchev–Trinajstić information content (AvgIpc) is 2.79. The van der Waals surface area contributed by atoms with Crippen LogP contribution in [0, 0.1) is 0 Å². The van der Waals surface area contributed by atoms with Gasteiger partial charge in [0.05, 0.1) is 6.61 Å².